The van der Waals surface area contributed by atoms with Gasteiger partial charge in [0.1, 0.15) is 11.2 Å². The van der Waals surface area contributed by atoms with Gasteiger partial charge in [-0.1, -0.05) is 13.8 Å². The van der Waals surface area contributed by atoms with E-state index in [9.17, 15) is 19.8 Å². The van der Waals surface area contributed by atoms with E-state index >= 15 is 0 Å². The Morgan fingerprint density at radius 2 is 2.11 bits per heavy atom. The first kappa shape index (κ1) is 21.0. The van der Waals surface area contributed by atoms with Gasteiger partial charge in [0.25, 0.3) is 0 Å². The van der Waals surface area contributed by atoms with Crippen molar-refractivity contribution in [3.05, 3.63) is 23.8 Å². The summed E-state index contributed by atoms with van der Waals surface area (Å²) in [6.45, 7) is 6.21. The number of hydrogen-bond donors (Lipinski definition) is 3. The van der Waals surface area contributed by atoms with Gasteiger partial charge < -0.3 is 25.2 Å². The standard InChI is InChI=1S/C20H30N2O5/c1-13(2)7-9-20(18(24)25)12-22(10-8-17(20)23)19(26)21-16-6-5-15(27-4)11-14(16)3/h5-6,11,13,17,23H,7-10,12H2,1-4H3,(H,21,26)(H,24,25)/t17-,20-/m1/s1. The van der Waals surface area contributed by atoms with Gasteiger partial charge in [0.15, 0.2) is 0 Å². The number of nitrogens with zero attached hydrogens (tertiary/aromatic N) is 1. The molecule has 7 heteroatoms. The molecule has 3 N–H and O–H groups in total. The Kier molecular flexibility index (Phi) is 6.70. The number of benzene rings is 1. The normalized spacial score (nSPS) is 22.6. The van der Waals surface area contributed by atoms with E-state index in [0.29, 0.717) is 36.7 Å². The quantitative estimate of drug-likeness (QED) is 0.706. The minimum absolute atomic E-state index is 0.00272. The molecule has 1 aliphatic rings. The van der Waals surface area contributed by atoms with E-state index in [2.05, 4.69) is 5.32 Å². The van der Waals surface area contributed by atoms with Gasteiger partial charge in [-0.25, -0.2) is 4.79 Å². The van der Waals surface area contributed by atoms with Gasteiger partial charge in [-0.2, -0.15) is 0 Å². The minimum Gasteiger partial charge on any atom is -0.497 e. The topological polar surface area (TPSA) is 99.1 Å². The van der Waals surface area contributed by atoms with Crippen LogP contribution in [0.5, 0.6) is 5.75 Å². The number of aliphatic hydroxyl groups excluding tert-OH is 1. The van der Waals surface area contributed by atoms with Gasteiger partial charge in [-0.05, 0) is 55.9 Å². The summed E-state index contributed by atoms with van der Waals surface area (Å²) in [6.07, 6.45) is 0.308. The lowest BCUT2D eigenvalue weighted by atomic mass is 9.73. The van der Waals surface area contributed by atoms with Crippen LogP contribution in [-0.4, -0.2) is 53.4 Å². The number of methoxy groups -OCH3 is 1. The molecule has 0 spiro atoms. The van der Waals surface area contributed by atoms with E-state index < -0.39 is 17.5 Å². The van der Waals surface area contributed by atoms with Gasteiger partial charge >= 0.3 is 12.0 Å². The van der Waals surface area contributed by atoms with Crippen LogP contribution >= 0.6 is 0 Å². The average Bonchev–Trinajstić information content (AvgIpc) is 2.62. The maximum Gasteiger partial charge on any atom is 0.321 e. The molecule has 1 heterocycles. The molecule has 0 saturated carbocycles. The lowest BCUT2D eigenvalue weighted by Crippen LogP contribution is -2.58. The molecule has 150 valence electrons. The number of piperidine rings is 1. The van der Waals surface area contributed by atoms with Crippen molar-refractivity contribution in [3.63, 3.8) is 0 Å². The molecule has 0 aliphatic carbocycles. The van der Waals surface area contributed by atoms with E-state index in [1.807, 2.05) is 26.8 Å². The van der Waals surface area contributed by atoms with Crippen LogP contribution in [0.15, 0.2) is 18.2 Å². The van der Waals surface area contributed by atoms with E-state index in [1.54, 1.807) is 19.2 Å². The summed E-state index contributed by atoms with van der Waals surface area (Å²) in [5, 5.41) is 23.1. The molecule has 2 atom stereocenters. The molecular formula is C20H30N2O5. The Morgan fingerprint density at radius 1 is 1.41 bits per heavy atom. The summed E-state index contributed by atoms with van der Waals surface area (Å²) in [5.74, 6) is -0.0291. The second kappa shape index (κ2) is 8.61. The third-order valence-corrected chi connectivity index (χ3v) is 5.34. The van der Waals surface area contributed by atoms with E-state index in [4.69, 9.17) is 4.74 Å². The number of carboxylic acid groups (broad SMARTS) is 1. The van der Waals surface area contributed by atoms with Crippen molar-refractivity contribution in [1.82, 2.24) is 4.90 Å². The summed E-state index contributed by atoms with van der Waals surface area (Å²) in [4.78, 5) is 26.2. The third kappa shape index (κ3) is 4.71. The number of nitrogens with one attached hydrogen (secondary N) is 1. The molecule has 1 fully saturated rings. The molecule has 0 bridgehead atoms. The predicted molar refractivity (Wildman–Crippen MR) is 103 cm³/mol. The van der Waals surface area contributed by atoms with Gasteiger partial charge in [-0.3, -0.25) is 4.79 Å². The van der Waals surface area contributed by atoms with Crippen LogP contribution in [0.4, 0.5) is 10.5 Å². The Hall–Kier alpha value is -2.28. The van der Waals surface area contributed by atoms with Crippen molar-refractivity contribution < 1.29 is 24.5 Å². The zero-order valence-corrected chi connectivity index (χ0v) is 16.5. The van der Waals surface area contributed by atoms with Crippen LogP contribution in [0.2, 0.25) is 0 Å². The van der Waals surface area contributed by atoms with Crippen molar-refractivity contribution in [2.75, 3.05) is 25.5 Å². The highest BCUT2D eigenvalue weighted by Gasteiger charge is 2.49. The first-order valence-electron chi connectivity index (χ1n) is 9.31. The number of urea groups is 1. The van der Waals surface area contributed by atoms with Gasteiger partial charge in [0, 0.05) is 18.8 Å². The molecule has 1 saturated heterocycles. The largest absolute Gasteiger partial charge is 0.497 e. The summed E-state index contributed by atoms with van der Waals surface area (Å²) in [5.41, 5.74) is 0.175. The van der Waals surface area contributed by atoms with Crippen LogP contribution in [-0.2, 0) is 4.79 Å². The maximum atomic E-state index is 12.7. The number of ether oxygens (including phenoxy) is 1. The zero-order chi connectivity index (χ0) is 20.2. The fourth-order valence-corrected chi connectivity index (χ4v) is 3.46. The number of amides is 2. The summed E-state index contributed by atoms with van der Waals surface area (Å²) in [6, 6.07) is 4.98. The molecule has 0 unspecified atom stereocenters. The molecule has 1 aromatic rings. The van der Waals surface area contributed by atoms with Crippen LogP contribution < -0.4 is 10.1 Å². The lowest BCUT2D eigenvalue weighted by molar-refractivity contribution is -0.162. The fourth-order valence-electron chi connectivity index (χ4n) is 3.46. The monoisotopic (exact) mass is 378 g/mol. The number of hydrogen-bond acceptors (Lipinski definition) is 4. The number of aliphatic hydroxyl groups is 1. The fraction of sp³-hybridized carbons (Fsp3) is 0.600. The Balaban J connectivity index is 2.15. The summed E-state index contributed by atoms with van der Waals surface area (Å²) >= 11 is 0. The molecule has 2 rings (SSSR count). The second-order valence-corrected chi connectivity index (χ2v) is 7.73. The molecular weight excluding hydrogens is 348 g/mol. The number of carboxylic acids is 1. The lowest BCUT2D eigenvalue weighted by Gasteiger charge is -2.43. The maximum absolute atomic E-state index is 12.7. The molecule has 1 aliphatic heterocycles. The van der Waals surface area contributed by atoms with Gasteiger partial charge in [0.2, 0.25) is 0 Å². The van der Waals surface area contributed by atoms with Crippen molar-refractivity contribution in [2.45, 2.75) is 46.1 Å². The third-order valence-electron chi connectivity index (χ3n) is 5.34. The van der Waals surface area contributed by atoms with Crippen LogP contribution in [0.25, 0.3) is 0 Å². The molecule has 2 amide bonds. The first-order valence-corrected chi connectivity index (χ1v) is 9.31. The number of anilines is 1. The Labute approximate surface area is 160 Å². The number of likely N-dealkylation sites (tertiary alicyclic amines) is 1. The number of carbonyl (C=O) groups is 2. The smallest absolute Gasteiger partial charge is 0.321 e. The summed E-state index contributed by atoms with van der Waals surface area (Å²) < 4.78 is 5.17. The van der Waals surface area contributed by atoms with Crippen molar-refractivity contribution >= 4 is 17.7 Å². The van der Waals surface area contributed by atoms with Crippen LogP contribution in [0.3, 0.4) is 0 Å². The van der Waals surface area contributed by atoms with E-state index in [0.717, 1.165) is 5.56 Å². The zero-order valence-electron chi connectivity index (χ0n) is 16.5. The summed E-state index contributed by atoms with van der Waals surface area (Å²) in [7, 11) is 1.58. The van der Waals surface area contributed by atoms with Gasteiger partial charge in [-0.15, -0.1) is 0 Å². The predicted octanol–water partition coefficient (Wildman–Crippen LogP) is 3.11. The number of aliphatic carboxylic acids is 1. The van der Waals surface area contributed by atoms with Crippen molar-refractivity contribution in [1.29, 1.82) is 0 Å². The molecule has 0 aromatic heterocycles. The Morgan fingerprint density at radius 3 is 2.67 bits per heavy atom. The first-order chi connectivity index (χ1) is 12.7. The molecule has 7 nitrogen and oxygen atoms in total. The average molecular weight is 378 g/mol. The number of carbonyl (C=O) groups excluding carboxylic acids is 1. The second-order valence-electron chi connectivity index (χ2n) is 7.73. The van der Waals surface area contributed by atoms with Crippen molar-refractivity contribution in [2.24, 2.45) is 11.3 Å². The minimum atomic E-state index is -1.32. The number of rotatable bonds is 6. The van der Waals surface area contributed by atoms with Crippen molar-refractivity contribution in [3.8, 4) is 5.75 Å². The van der Waals surface area contributed by atoms with E-state index in [1.165, 1.54) is 4.90 Å². The SMILES string of the molecule is COc1ccc(NC(=O)N2CC[C@@H](O)[C@](CCC(C)C)(C(=O)O)C2)c(C)c1. The number of aryl methyl sites for hydroxylation is 1. The molecule has 27 heavy (non-hydrogen) atoms. The molecule has 0 radical (unpaired) electrons. The van der Waals surface area contributed by atoms with E-state index in [-0.39, 0.29) is 19.0 Å². The molecule has 1 aromatic carbocycles. The highest BCUT2D eigenvalue weighted by Crippen LogP contribution is 2.37. The highest BCUT2D eigenvalue weighted by molar-refractivity contribution is 5.91. The van der Waals surface area contributed by atoms with Crippen LogP contribution in [0.1, 0.15) is 38.7 Å². The Bertz CT molecular complexity index is 691. The highest BCUT2D eigenvalue weighted by atomic mass is 16.5. The van der Waals surface area contributed by atoms with Crippen LogP contribution in [0, 0.1) is 18.3 Å². The van der Waals surface area contributed by atoms with Gasteiger partial charge in [0.05, 0.1) is 13.2 Å².